The van der Waals surface area contributed by atoms with Gasteiger partial charge in [0.05, 0.1) is 0 Å². The quantitative estimate of drug-likeness (QED) is 0.552. The molecule has 1 aliphatic rings. The fourth-order valence-corrected chi connectivity index (χ4v) is 1.49. The van der Waals surface area contributed by atoms with E-state index >= 15 is 0 Å². The molecule has 0 aliphatic carbocycles. The minimum absolute atomic E-state index is 0.296. The molecular formula is C7H16N2O. The van der Waals surface area contributed by atoms with Gasteiger partial charge in [0.2, 0.25) is 0 Å². The van der Waals surface area contributed by atoms with Gasteiger partial charge in [-0.15, -0.1) is 0 Å². The zero-order chi connectivity index (χ0) is 7.40. The van der Waals surface area contributed by atoms with Crippen molar-refractivity contribution < 1.29 is 5.11 Å². The molecule has 1 unspecified atom stereocenters. The first-order valence-corrected chi connectivity index (χ1v) is 3.97. The average Bonchev–Trinajstić information content (AvgIpc) is 2.31. The summed E-state index contributed by atoms with van der Waals surface area (Å²) >= 11 is 0. The highest BCUT2D eigenvalue weighted by atomic mass is 16.2. The molecule has 1 aliphatic heterocycles. The van der Waals surface area contributed by atoms with Gasteiger partial charge < -0.3 is 5.11 Å². The highest BCUT2D eigenvalue weighted by molar-refractivity contribution is 4.74. The lowest BCUT2D eigenvalue weighted by Gasteiger charge is -2.17. The van der Waals surface area contributed by atoms with Gasteiger partial charge in [-0.25, -0.2) is 5.01 Å². The van der Waals surface area contributed by atoms with Gasteiger partial charge in [0, 0.05) is 19.2 Å². The predicted octanol–water partition coefficient (Wildman–Crippen LogP) is 0.0970. The average molecular weight is 144 g/mol. The summed E-state index contributed by atoms with van der Waals surface area (Å²) < 4.78 is 0. The van der Waals surface area contributed by atoms with Crippen molar-refractivity contribution >= 4 is 0 Å². The molecule has 3 nitrogen and oxygen atoms in total. The number of hydrogen-bond donors (Lipinski definition) is 2. The summed E-state index contributed by atoms with van der Waals surface area (Å²) in [4.78, 5) is 0. The maximum absolute atomic E-state index is 8.55. The van der Waals surface area contributed by atoms with Crippen LogP contribution in [0.3, 0.4) is 0 Å². The summed E-state index contributed by atoms with van der Waals surface area (Å²) in [5, 5.41) is 10.5. The van der Waals surface area contributed by atoms with E-state index in [0.717, 1.165) is 19.4 Å². The third kappa shape index (κ3) is 1.94. The molecule has 60 valence electrons. The Kier molecular flexibility index (Phi) is 3.12. The third-order valence-electron chi connectivity index (χ3n) is 2.12. The first kappa shape index (κ1) is 7.98. The van der Waals surface area contributed by atoms with Crippen molar-refractivity contribution in [2.75, 3.05) is 13.2 Å². The molecule has 1 rings (SSSR count). The maximum Gasteiger partial charge on any atom is 0.0431 e. The van der Waals surface area contributed by atoms with Crippen LogP contribution in [0.4, 0.5) is 0 Å². The number of nitrogens with zero attached hydrogens (tertiary/aromatic N) is 1. The Balaban J connectivity index is 2.14. The second kappa shape index (κ2) is 3.91. The highest BCUT2D eigenvalue weighted by Crippen LogP contribution is 2.16. The van der Waals surface area contributed by atoms with Crippen LogP contribution >= 0.6 is 0 Å². The topological polar surface area (TPSA) is 49.5 Å². The molecule has 0 bridgehead atoms. The Morgan fingerprint density at radius 3 is 2.90 bits per heavy atom. The van der Waals surface area contributed by atoms with Crippen LogP contribution in [0.1, 0.15) is 25.7 Å². The highest BCUT2D eigenvalue weighted by Gasteiger charge is 2.20. The van der Waals surface area contributed by atoms with Crippen molar-refractivity contribution in [3.05, 3.63) is 0 Å². The second-order valence-corrected chi connectivity index (χ2v) is 2.90. The Hall–Kier alpha value is -0.120. The molecule has 0 aromatic carbocycles. The molecule has 1 atom stereocenters. The number of hydrogen-bond acceptors (Lipinski definition) is 3. The Labute approximate surface area is 61.8 Å². The van der Waals surface area contributed by atoms with E-state index in [1.807, 2.05) is 5.01 Å². The minimum atomic E-state index is 0.296. The van der Waals surface area contributed by atoms with Crippen molar-refractivity contribution in [3.63, 3.8) is 0 Å². The third-order valence-corrected chi connectivity index (χ3v) is 2.12. The molecule has 0 saturated carbocycles. The molecular weight excluding hydrogens is 128 g/mol. The molecule has 1 heterocycles. The van der Waals surface area contributed by atoms with Crippen LogP contribution < -0.4 is 5.84 Å². The van der Waals surface area contributed by atoms with Crippen LogP contribution in [0.2, 0.25) is 0 Å². The first-order chi connectivity index (χ1) is 4.84. The number of aliphatic hydroxyl groups is 1. The van der Waals surface area contributed by atoms with Crippen molar-refractivity contribution in [1.29, 1.82) is 0 Å². The van der Waals surface area contributed by atoms with E-state index in [4.69, 9.17) is 10.9 Å². The molecule has 1 saturated heterocycles. The smallest absolute Gasteiger partial charge is 0.0431 e. The fraction of sp³-hybridized carbons (Fsp3) is 1.00. The van der Waals surface area contributed by atoms with Gasteiger partial charge in [-0.1, -0.05) is 0 Å². The second-order valence-electron chi connectivity index (χ2n) is 2.90. The lowest BCUT2D eigenvalue weighted by Crippen LogP contribution is -2.35. The zero-order valence-electron chi connectivity index (χ0n) is 6.29. The van der Waals surface area contributed by atoms with E-state index in [0.29, 0.717) is 12.6 Å². The van der Waals surface area contributed by atoms with Crippen molar-refractivity contribution in [3.8, 4) is 0 Å². The van der Waals surface area contributed by atoms with E-state index < -0.39 is 0 Å². The standard InChI is InChI=1S/C7H16N2O/c8-9-5-1-3-7(9)4-2-6-10/h7,10H,1-6,8H2. The van der Waals surface area contributed by atoms with Crippen LogP contribution in [-0.2, 0) is 0 Å². The van der Waals surface area contributed by atoms with Crippen LogP contribution in [0.15, 0.2) is 0 Å². The van der Waals surface area contributed by atoms with E-state index in [9.17, 15) is 0 Å². The summed E-state index contributed by atoms with van der Waals surface area (Å²) in [5.41, 5.74) is 0. The van der Waals surface area contributed by atoms with Crippen molar-refractivity contribution in [1.82, 2.24) is 5.01 Å². The van der Waals surface area contributed by atoms with E-state index in [-0.39, 0.29) is 0 Å². The first-order valence-electron chi connectivity index (χ1n) is 3.97. The molecule has 0 aromatic rings. The van der Waals surface area contributed by atoms with Gasteiger partial charge in [-0.3, -0.25) is 5.84 Å². The van der Waals surface area contributed by atoms with Crippen LogP contribution in [0.25, 0.3) is 0 Å². The largest absolute Gasteiger partial charge is 0.396 e. The summed E-state index contributed by atoms with van der Waals surface area (Å²) in [5.74, 6) is 5.67. The van der Waals surface area contributed by atoms with Crippen LogP contribution in [-0.4, -0.2) is 29.3 Å². The normalized spacial score (nSPS) is 27.6. The Morgan fingerprint density at radius 1 is 1.60 bits per heavy atom. The van der Waals surface area contributed by atoms with Gasteiger partial charge in [-0.2, -0.15) is 0 Å². The number of hydrazine groups is 1. The predicted molar refractivity (Wildman–Crippen MR) is 40.2 cm³/mol. The van der Waals surface area contributed by atoms with Gasteiger partial charge in [0.15, 0.2) is 0 Å². The SMILES string of the molecule is NN1CCCC1CCCO. The number of rotatable bonds is 3. The van der Waals surface area contributed by atoms with E-state index in [2.05, 4.69) is 0 Å². The summed E-state index contributed by atoms with van der Waals surface area (Å²) in [7, 11) is 0. The Morgan fingerprint density at radius 2 is 2.40 bits per heavy atom. The Bertz CT molecular complexity index is 97.6. The van der Waals surface area contributed by atoms with Gasteiger partial charge >= 0.3 is 0 Å². The molecule has 0 aromatic heterocycles. The van der Waals surface area contributed by atoms with Crippen molar-refractivity contribution in [2.24, 2.45) is 5.84 Å². The number of nitrogens with two attached hydrogens (primary N) is 1. The van der Waals surface area contributed by atoms with Crippen LogP contribution in [0, 0.1) is 0 Å². The lowest BCUT2D eigenvalue weighted by molar-refractivity contribution is 0.220. The zero-order valence-corrected chi connectivity index (χ0v) is 6.29. The van der Waals surface area contributed by atoms with Gasteiger partial charge in [0.1, 0.15) is 0 Å². The monoisotopic (exact) mass is 144 g/mol. The van der Waals surface area contributed by atoms with E-state index in [1.54, 1.807) is 0 Å². The van der Waals surface area contributed by atoms with Gasteiger partial charge in [0.25, 0.3) is 0 Å². The fourth-order valence-electron chi connectivity index (χ4n) is 1.49. The molecule has 10 heavy (non-hydrogen) atoms. The summed E-state index contributed by atoms with van der Waals surface area (Å²) in [6.45, 7) is 1.32. The molecule has 0 spiro atoms. The molecule has 0 amide bonds. The molecule has 1 fully saturated rings. The molecule has 3 N–H and O–H groups in total. The van der Waals surface area contributed by atoms with Crippen molar-refractivity contribution in [2.45, 2.75) is 31.7 Å². The van der Waals surface area contributed by atoms with Gasteiger partial charge in [-0.05, 0) is 25.7 Å². The molecule has 0 radical (unpaired) electrons. The minimum Gasteiger partial charge on any atom is -0.396 e. The number of aliphatic hydroxyl groups excluding tert-OH is 1. The van der Waals surface area contributed by atoms with Crippen LogP contribution in [0.5, 0.6) is 0 Å². The molecule has 3 heteroatoms. The summed E-state index contributed by atoms with van der Waals surface area (Å²) in [6, 6.07) is 0.534. The lowest BCUT2D eigenvalue weighted by atomic mass is 10.1. The maximum atomic E-state index is 8.55. The van der Waals surface area contributed by atoms with E-state index in [1.165, 1.54) is 12.8 Å². The summed E-state index contributed by atoms with van der Waals surface area (Å²) in [6.07, 6.45) is 4.36.